The van der Waals surface area contributed by atoms with E-state index in [-0.39, 0.29) is 17.5 Å². The molecule has 0 unspecified atom stereocenters. The molecule has 0 bridgehead atoms. The summed E-state index contributed by atoms with van der Waals surface area (Å²) in [6.07, 6.45) is 0. The number of carbonyl (C=O) groups excluding carboxylic acids is 4. The van der Waals surface area contributed by atoms with Gasteiger partial charge < -0.3 is 15.0 Å². The largest absolute Gasteiger partial charge is 0.454 e. The van der Waals surface area contributed by atoms with Gasteiger partial charge >= 0.3 is 12.0 Å². The number of nitrogens with zero attached hydrogens (tertiary/aromatic N) is 1. The molecule has 10 heteroatoms. The molecule has 1 aromatic rings. The highest BCUT2D eigenvalue weighted by molar-refractivity contribution is 8.13. The van der Waals surface area contributed by atoms with Crippen LogP contribution in [0.2, 0.25) is 0 Å². The van der Waals surface area contributed by atoms with Crippen molar-refractivity contribution in [2.24, 2.45) is 0 Å². The molecule has 1 aromatic carbocycles. The highest BCUT2D eigenvalue weighted by Crippen LogP contribution is 2.16. The molecule has 4 amide bonds. The van der Waals surface area contributed by atoms with E-state index in [1.807, 2.05) is 5.32 Å². The molecule has 0 aliphatic carbocycles. The molecular formula is C14H14FN3O5S. The molecule has 24 heavy (non-hydrogen) atoms. The Morgan fingerprint density at radius 3 is 2.71 bits per heavy atom. The lowest BCUT2D eigenvalue weighted by Crippen LogP contribution is -2.38. The van der Waals surface area contributed by atoms with Gasteiger partial charge in [0.25, 0.3) is 11.1 Å². The third-order valence-corrected chi connectivity index (χ3v) is 3.80. The van der Waals surface area contributed by atoms with Crippen molar-refractivity contribution >= 4 is 40.6 Å². The van der Waals surface area contributed by atoms with E-state index in [1.54, 1.807) is 0 Å². The molecule has 1 aliphatic heterocycles. The van der Waals surface area contributed by atoms with Crippen LogP contribution in [-0.2, 0) is 14.3 Å². The van der Waals surface area contributed by atoms with Crippen LogP contribution in [0.25, 0.3) is 0 Å². The van der Waals surface area contributed by atoms with Gasteiger partial charge in [0.15, 0.2) is 6.61 Å². The van der Waals surface area contributed by atoms with Crippen molar-refractivity contribution in [2.75, 3.05) is 30.8 Å². The number of urea groups is 1. The fourth-order valence-corrected chi connectivity index (χ4v) is 2.62. The maximum Gasteiger partial charge on any atom is 0.326 e. The minimum atomic E-state index is -0.952. The molecule has 1 fully saturated rings. The number of nitrogens with one attached hydrogen (secondary N) is 2. The number of thioether (sulfide) groups is 1. The van der Waals surface area contributed by atoms with E-state index in [4.69, 9.17) is 0 Å². The summed E-state index contributed by atoms with van der Waals surface area (Å²) in [6, 6.07) is 4.49. The van der Waals surface area contributed by atoms with E-state index in [9.17, 15) is 23.6 Å². The minimum Gasteiger partial charge on any atom is -0.454 e. The summed E-state index contributed by atoms with van der Waals surface area (Å²) < 4.78 is 18.0. The second-order valence-electron chi connectivity index (χ2n) is 4.68. The van der Waals surface area contributed by atoms with Crippen LogP contribution >= 0.6 is 11.8 Å². The van der Waals surface area contributed by atoms with Crippen LogP contribution in [0.15, 0.2) is 24.3 Å². The quantitative estimate of drug-likeness (QED) is 0.769. The molecule has 128 valence electrons. The van der Waals surface area contributed by atoms with Gasteiger partial charge in [-0.2, -0.15) is 0 Å². The zero-order valence-electron chi connectivity index (χ0n) is 12.4. The minimum absolute atomic E-state index is 0.0927. The lowest BCUT2D eigenvalue weighted by atomic mass is 10.3. The van der Waals surface area contributed by atoms with Crippen LogP contribution in [0, 0.1) is 5.82 Å². The van der Waals surface area contributed by atoms with Gasteiger partial charge in [0.05, 0.1) is 5.69 Å². The third kappa shape index (κ3) is 5.23. The highest BCUT2D eigenvalue weighted by atomic mass is 32.2. The van der Waals surface area contributed by atoms with Gasteiger partial charge in [0.1, 0.15) is 12.4 Å². The number of hydrogen-bond donors (Lipinski definition) is 2. The van der Waals surface area contributed by atoms with Crippen LogP contribution < -0.4 is 10.6 Å². The zero-order chi connectivity index (χ0) is 17.5. The number of esters is 1. The predicted octanol–water partition coefficient (Wildman–Crippen LogP) is 1.19. The average molecular weight is 355 g/mol. The Kier molecular flexibility index (Phi) is 6.13. The lowest BCUT2D eigenvalue weighted by Gasteiger charge is -2.13. The first kappa shape index (κ1) is 17.7. The summed E-state index contributed by atoms with van der Waals surface area (Å²) in [5.41, 5.74) is -0.0927. The smallest absolute Gasteiger partial charge is 0.326 e. The first-order valence-electron chi connectivity index (χ1n) is 6.88. The molecule has 0 spiro atoms. The summed E-state index contributed by atoms with van der Waals surface area (Å²) in [7, 11) is 0. The monoisotopic (exact) mass is 355 g/mol. The molecule has 1 heterocycles. The number of imide groups is 1. The van der Waals surface area contributed by atoms with E-state index in [1.165, 1.54) is 23.1 Å². The van der Waals surface area contributed by atoms with Crippen LogP contribution in [-0.4, -0.2) is 53.5 Å². The fourth-order valence-electron chi connectivity index (χ4n) is 1.80. The summed E-state index contributed by atoms with van der Waals surface area (Å²) >= 11 is 1.10. The van der Waals surface area contributed by atoms with Gasteiger partial charge in [-0.1, -0.05) is 23.9 Å². The maximum atomic E-state index is 13.3. The Morgan fingerprint density at radius 2 is 2.04 bits per heavy atom. The molecule has 2 N–H and O–H groups in total. The van der Waals surface area contributed by atoms with Gasteiger partial charge in [-0.05, 0) is 12.1 Å². The van der Waals surface area contributed by atoms with Crippen LogP contribution in [0.3, 0.4) is 0 Å². The molecule has 8 nitrogen and oxygen atoms in total. The van der Waals surface area contributed by atoms with Gasteiger partial charge in [-0.3, -0.25) is 19.7 Å². The Bertz CT molecular complexity index is 670. The van der Waals surface area contributed by atoms with Crippen molar-refractivity contribution in [1.82, 2.24) is 10.2 Å². The first-order chi connectivity index (χ1) is 11.5. The maximum absolute atomic E-state index is 13.3. The normalized spacial score (nSPS) is 13.5. The fraction of sp³-hybridized carbons (Fsp3) is 0.286. The second-order valence-corrected chi connectivity index (χ2v) is 5.72. The van der Waals surface area contributed by atoms with Crippen molar-refractivity contribution in [1.29, 1.82) is 0 Å². The number of amides is 4. The molecule has 2 rings (SSSR count). The number of halogens is 1. The molecule has 1 saturated heterocycles. The van der Waals surface area contributed by atoms with E-state index >= 15 is 0 Å². The molecule has 0 atom stereocenters. The zero-order valence-corrected chi connectivity index (χ0v) is 13.2. The third-order valence-electron chi connectivity index (χ3n) is 2.90. The van der Waals surface area contributed by atoms with E-state index in [0.29, 0.717) is 12.3 Å². The summed E-state index contributed by atoms with van der Waals surface area (Å²) in [4.78, 5) is 47.2. The topological polar surface area (TPSA) is 105 Å². The van der Waals surface area contributed by atoms with Crippen molar-refractivity contribution in [3.05, 3.63) is 30.1 Å². The molecular weight excluding hydrogens is 341 g/mol. The highest BCUT2D eigenvalue weighted by Gasteiger charge is 2.24. The SMILES string of the molecule is O=C(COC(=O)CN1CCSC1=O)NC(=O)Nc1ccccc1F. The van der Waals surface area contributed by atoms with E-state index < -0.39 is 30.3 Å². The van der Waals surface area contributed by atoms with E-state index in [2.05, 4.69) is 10.1 Å². The number of para-hydroxylation sites is 1. The summed E-state index contributed by atoms with van der Waals surface area (Å²) in [6.45, 7) is -0.491. The number of benzene rings is 1. The number of anilines is 1. The Hall–Kier alpha value is -2.62. The molecule has 0 aromatic heterocycles. The number of carbonyl (C=O) groups is 4. The summed E-state index contributed by atoms with van der Waals surface area (Å²) in [5, 5.41) is 3.83. The van der Waals surface area contributed by atoms with Crippen LogP contribution in [0.4, 0.5) is 19.7 Å². The Labute approximate surface area is 140 Å². The van der Waals surface area contributed by atoms with Crippen LogP contribution in [0.1, 0.15) is 0 Å². The Balaban J connectivity index is 1.70. The van der Waals surface area contributed by atoms with Gasteiger partial charge in [0.2, 0.25) is 0 Å². The second kappa shape index (κ2) is 8.29. The van der Waals surface area contributed by atoms with E-state index in [0.717, 1.165) is 17.8 Å². The van der Waals surface area contributed by atoms with Crippen molar-refractivity contribution in [3.8, 4) is 0 Å². The molecule has 1 aliphatic rings. The lowest BCUT2D eigenvalue weighted by molar-refractivity contribution is -0.148. The van der Waals surface area contributed by atoms with Crippen LogP contribution in [0.5, 0.6) is 0 Å². The molecule has 0 saturated carbocycles. The first-order valence-corrected chi connectivity index (χ1v) is 7.87. The van der Waals surface area contributed by atoms with Gasteiger partial charge in [-0.25, -0.2) is 9.18 Å². The van der Waals surface area contributed by atoms with Gasteiger partial charge in [-0.15, -0.1) is 0 Å². The van der Waals surface area contributed by atoms with Crippen molar-refractivity contribution in [2.45, 2.75) is 0 Å². The predicted molar refractivity (Wildman–Crippen MR) is 83.9 cm³/mol. The number of ether oxygens (including phenoxy) is 1. The number of rotatable bonds is 5. The Morgan fingerprint density at radius 1 is 1.29 bits per heavy atom. The summed E-state index contributed by atoms with van der Waals surface area (Å²) in [5.74, 6) is -1.68. The number of hydrogen-bond acceptors (Lipinski definition) is 6. The average Bonchev–Trinajstić information content (AvgIpc) is 2.92. The standard InChI is InChI=1S/C14H14FN3O5S/c15-9-3-1-2-4-10(9)16-13(21)17-11(19)8-23-12(20)7-18-5-6-24-14(18)22/h1-4H,5-8H2,(H2,16,17,19,21). The molecule has 0 radical (unpaired) electrons. The van der Waals surface area contributed by atoms with Crippen molar-refractivity contribution < 1.29 is 28.3 Å². The van der Waals surface area contributed by atoms with Gasteiger partial charge in [0, 0.05) is 12.3 Å². The van der Waals surface area contributed by atoms with Crippen molar-refractivity contribution in [3.63, 3.8) is 0 Å².